The Labute approximate surface area is 100 Å². The second kappa shape index (κ2) is 4.56. The van der Waals surface area contributed by atoms with Gasteiger partial charge in [0.05, 0.1) is 11.3 Å². The number of carbonyl (C=O) groups excluding carboxylic acids is 1. The van der Waals surface area contributed by atoms with E-state index in [0.29, 0.717) is 24.2 Å². The molecule has 1 heterocycles. The molecule has 0 aliphatic carbocycles. The Bertz CT molecular complexity index is 491. The van der Waals surface area contributed by atoms with Gasteiger partial charge in [0.2, 0.25) is 5.91 Å². The summed E-state index contributed by atoms with van der Waals surface area (Å²) in [4.78, 5) is 13.4. The molecule has 17 heavy (non-hydrogen) atoms. The van der Waals surface area contributed by atoms with Gasteiger partial charge in [0, 0.05) is 25.5 Å². The highest BCUT2D eigenvalue weighted by molar-refractivity contribution is 5.97. The summed E-state index contributed by atoms with van der Waals surface area (Å²) < 4.78 is 0. The van der Waals surface area contributed by atoms with Crippen molar-refractivity contribution in [3.63, 3.8) is 0 Å². The van der Waals surface area contributed by atoms with Gasteiger partial charge < -0.3 is 10.0 Å². The quantitative estimate of drug-likeness (QED) is 0.830. The van der Waals surface area contributed by atoms with Gasteiger partial charge in [0.25, 0.3) is 0 Å². The fraction of sp³-hybridized carbons (Fsp3) is 0.385. The molecule has 4 nitrogen and oxygen atoms in total. The molecule has 1 aliphatic rings. The van der Waals surface area contributed by atoms with Gasteiger partial charge in [-0.1, -0.05) is 6.07 Å². The van der Waals surface area contributed by atoms with Crippen molar-refractivity contribution in [2.75, 3.05) is 18.1 Å². The molecule has 0 radical (unpaired) electrons. The van der Waals surface area contributed by atoms with E-state index >= 15 is 0 Å². The Balaban J connectivity index is 2.37. The Morgan fingerprint density at radius 1 is 1.59 bits per heavy atom. The molecule has 1 amide bonds. The maximum atomic E-state index is 11.8. The van der Waals surface area contributed by atoms with Gasteiger partial charge in [-0.25, -0.2) is 0 Å². The SMILES string of the molecule is Cc1ccc(C#N)c(N2CC(CO)CC2=O)c1. The molecule has 0 bridgehead atoms. The van der Waals surface area contributed by atoms with Crippen molar-refractivity contribution >= 4 is 11.6 Å². The molecule has 1 aromatic rings. The molecule has 0 saturated carbocycles. The number of aliphatic hydroxyl groups is 1. The molecule has 1 aliphatic heterocycles. The zero-order chi connectivity index (χ0) is 12.4. The number of nitrogens with zero attached hydrogens (tertiary/aromatic N) is 2. The summed E-state index contributed by atoms with van der Waals surface area (Å²) in [5.41, 5.74) is 2.18. The lowest BCUT2D eigenvalue weighted by Crippen LogP contribution is -2.25. The van der Waals surface area contributed by atoms with E-state index < -0.39 is 0 Å². The number of rotatable bonds is 2. The number of hydrogen-bond acceptors (Lipinski definition) is 3. The third kappa shape index (κ3) is 2.15. The molecule has 1 unspecified atom stereocenters. The first kappa shape index (κ1) is 11.6. The van der Waals surface area contributed by atoms with E-state index in [0.717, 1.165) is 5.56 Å². The number of amides is 1. The van der Waals surface area contributed by atoms with E-state index in [9.17, 15) is 4.79 Å². The van der Waals surface area contributed by atoms with E-state index in [1.165, 1.54) is 0 Å². The van der Waals surface area contributed by atoms with E-state index in [-0.39, 0.29) is 18.4 Å². The number of anilines is 1. The second-order valence-corrected chi connectivity index (χ2v) is 4.39. The van der Waals surface area contributed by atoms with Gasteiger partial charge in [-0.15, -0.1) is 0 Å². The van der Waals surface area contributed by atoms with Crippen LogP contribution in [0.4, 0.5) is 5.69 Å². The van der Waals surface area contributed by atoms with Gasteiger partial charge >= 0.3 is 0 Å². The first-order valence-corrected chi connectivity index (χ1v) is 5.57. The predicted molar refractivity (Wildman–Crippen MR) is 63.4 cm³/mol. The van der Waals surface area contributed by atoms with Gasteiger partial charge in [-0.3, -0.25) is 4.79 Å². The molecule has 4 heteroatoms. The number of hydrogen-bond donors (Lipinski definition) is 1. The van der Waals surface area contributed by atoms with Gasteiger partial charge in [0.1, 0.15) is 6.07 Å². The number of carbonyl (C=O) groups is 1. The molecular weight excluding hydrogens is 216 g/mol. The van der Waals surface area contributed by atoms with Crippen LogP contribution in [-0.2, 0) is 4.79 Å². The monoisotopic (exact) mass is 230 g/mol. The van der Waals surface area contributed by atoms with Gasteiger partial charge in [0.15, 0.2) is 0 Å². The predicted octanol–water partition coefficient (Wildman–Crippen LogP) is 1.21. The molecule has 0 aromatic heterocycles. The number of aryl methyl sites for hydroxylation is 1. The Hall–Kier alpha value is -1.86. The van der Waals surface area contributed by atoms with E-state index in [1.54, 1.807) is 11.0 Å². The minimum atomic E-state index is -0.0221. The van der Waals surface area contributed by atoms with Crippen LogP contribution in [0.1, 0.15) is 17.5 Å². The lowest BCUT2D eigenvalue weighted by atomic mass is 10.1. The number of benzene rings is 1. The Morgan fingerprint density at radius 2 is 2.35 bits per heavy atom. The van der Waals surface area contributed by atoms with Crippen LogP contribution in [0.5, 0.6) is 0 Å². The molecule has 2 rings (SSSR count). The lowest BCUT2D eigenvalue weighted by Gasteiger charge is -2.18. The van der Waals surface area contributed by atoms with Gasteiger partial charge in [-0.2, -0.15) is 5.26 Å². The fourth-order valence-corrected chi connectivity index (χ4v) is 2.10. The molecule has 1 aromatic carbocycles. The highest BCUT2D eigenvalue weighted by Gasteiger charge is 2.31. The summed E-state index contributed by atoms with van der Waals surface area (Å²) in [5, 5.41) is 18.1. The molecule has 1 atom stereocenters. The minimum absolute atomic E-state index is 0.00986. The van der Waals surface area contributed by atoms with Crippen LogP contribution in [-0.4, -0.2) is 24.2 Å². The summed E-state index contributed by atoms with van der Waals surface area (Å²) in [6.45, 7) is 2.43. The van der Waals surface area contributed by atoms with Crippen LogP contribution in [0.15, 0.2) is 18.2 Å². The van der Waals surface area contributed by atoms with Crippen LogP contribution in [0.2, 0.25) is 0 Å². The average Bonchev–Trinajstić information content (AvgIpc) is 2.70. The first-order valence-electron chi connectivity index (χ1n) is 5.57. The first-order chi connectivity index (χ1) is 8.15. The third-order valence-corrected chi connectivity index (χ3v) is 3.03. The highest BCUT2D eigenvalue weighted by atomic mass is 16.3. The summed E-state index contributed by atoms with van der Waals surface area (Å²) in [6.07, 6.45) is 0.356. The average molecular weight is 230 g/mol. The topological polar surface area (TPSA) is 64.3 Å². The summed E-state index contributed by atoms with van der Waals surface area (Å²) >= 11 is 0. The number of aliphatic hydroxyl groups excluding tert-OH is 1. The molecular formula is C13H14N2O2. The number of nitriles is 1. The largest absolute Gasteiger partial charge is 0.396 e. The zero-order valence-electron chi connectivity index (χ0n) is 9.68. The van der Waals surface area contributed by atoms with Crippen LogP contribution >= 0.6 is 0 Å². The maximum Gasteiger partial charge on any atom is 0.227 e. The normalized spacial score (nSPS) is 19.5. The minimum Gasteiger partial charge on any atom is -0.396 e. The second-order valence-electron chi connectivity index (χ2n) is 4.39. The lowest BCUT2D eigenvalue weighted by molar-refractivity contribution is -0.117. The van der Waals surface area contributed by atoms with Crippen LogP contribution in [0.25, 0.3) is 0 Å². The molecule has 88 valence electrons. The van der Waals surface area contributed by atoms with Crippen molar-refractivity contribution in [3.8, 4) is 6.07 Å². The van der Waals surface area contributed by atoms with Gasteiger partial charge in [-0.05, 0) is 24.6 Å². The molecule has 1 fully saturated rings. The standard InChI is InChI=1S/C13H14N2O2/c1-9-2-3-11(6-14)12(4-9)15-7-10(8-16)5-13(15)17/h2-4,10,16H,5,7-8H2,1H3. The molecule has 1 saturated heterocycles. The summed E-state index contributed by atoms with van der Waals surface area (Å²) in [5.74, 6) is -0.0410. The smallest absolute Gasteiger partial charge is 0.227 e. The zero-order valence-corrected chi connectivity index (χ0v) is 9.68. The van der Waals surface area contributed by atoms with E-state index in [4.69, 9.17) is 10.4 Å². The van der Waals surface area contributed by atoms with Crippen molar-refractivity contribution < 1.29 is 9.90 Å². The van der Waals surface area contributed by atoms with Crippen molar-refractivity contribution in [1.82, 2.24) is 0 Å². The fourth-order valence-electron chi connectivity index (χ4n) is 2.10. The van der Waals surface area contributed by atoms with E-state index in [2.05, 4.69) is 6.07 Å². The van der Waals surface area contributed by atoms with Crippen molar-refractivity contribution in [2.24, 2.45) is 5.92 Å². The molecule has 1 N–H and O–H groups in total. The van der Waals surface area contributed by atoms with E-state index in [1.807, 2.05) is 19.1 Å². The van der Waals surface area contributed by atoms with Crippen LogP contribution in [0, 0.1) is 24.2 Å². The van der Waals surface area contributed by atoms with Crippen LogP contribution in [0.3, 0.4) is 0 Å². The Kier molecular flexibility index (Phi) is 3.12. The van der Waals surface area contributed by atoms with Crippen molar-refractivity contribution in [2.45, 2.75) is 13.3 Å². The summed E-state index contributed by atoms with van der Waals surface area (Å²) in [7, 11) is 0. The molecule has 0 spiro atoms. The Morgan fingerprint density at radius 3 is 2.94 bits per heavy atom. The van der Waals surface area contributed by atoms with Crippen molar-refractivity contribution in [1.29, 1.82) is 5.26 Å². The summed E-state index contributed by atoms with van der Waals surface area (Å²) in [6, 6.07) is 7.52. The maximum absolute atomic E-state index is 11.8. The third-order valence-electron chi connectivity index (χ3n) is 3.03. The van der Waals surface area contributed by atoms with Crippen molar-refractivity contribution in [3.05, 3.63) is 29.3 Å². The highest BCUT2D eigenvalue weighted by Crippen LogP contribution is 2.28. The van der Waals surface area contributed by atoms with Crippen LogP contribution < -0.4 is 4.90 Å².